The van der Waals surface area contributed by atoms with Crippen LogP contribution in [-0.2, 0) is 14.8 Å². The largest absolute Gasteiger partial charge is 0.490 e. The summed E-state index contributed by atoms with van der Waals surface area (Å²) in [6.45, 7) is 4.45. The summed E-state index contributed by atoms with van der Waals surface area (Å²) in [6.07, 6.45) is 6.85. The van der Waals surface area contributed by atoms with Gasteiger partial charge >= 0.3 is 0 Å². The maximum atomic E-state index is 13.0. The molecule has 4 rings (SSSR count). The number of fused-ring (bicyclic) bond motifs is 1. The number of carbonyl (C=O) groups is 1. The summed E-state index contributed by atoms with van der Waals surface area (Å²) < 4.78 is 33.5. The van der Waals surface area contributed by atoms with Crippen molar-refractivity contribution in [2.75, 3.05) is 13.1 Å². The Balaban J connectivity index is 1.37. The summed E-state index contributed by atoms with van der Waals surface area (Å²) in [6, 6.07) is 6.82. The van der Waals surface area contributed by atoms with E-state index in [0.29, 0.717) is 18.0 Å². The smallest absolute Gasteiger partial charge is 0.244 e. The predicted molar refractivity (Wildman–Crippen MR) is 110 cm³/mol. The first-order chi connectivity index (χ1) is 13.5. The Labute approximate surface area is 170 Å². The summed E-state index contributed by atoms with van der Waals surface area (Å²) in [5, 5.41) is 3.16. The van der Waals surface area contributed by atoms with Gasteiger partial charge < -0.3 is 10.1 Å². The standard InChI is InChI=1S/C20H26N2O4S2/c1-2-19(23)21-20-11-14-12-22(13-18(14)27-20)28(24,25)17-9-7-16(8-10-17)26-15-5-3-4-6-15/h2,7-10,14-15,18,20H,1,3-6,11-13H2,(H,21,23). The fourth-order valence-corrected chi connectivity index (χ4v) is 7.54. The van der Waals surface area contributed by atoms with Gasteiger partial charge in [0.2, 0.25) is 15.9 Å². The van der Waals surface area contributed by atoms with Crippen LogP contribution in [0.4, 0.5) is 0 Å². The minimum absolute atomic E-state index is 0.0392. The molecular weight excluding hydrogens is 396 g/mol. The van der Waals surface area contributed by atoms with Crippen molar-refractivity contribution < 1.29 is 17.9 Å². The highest BCUT2D eigenvalue weighted by molar-refractivity contribution is 8.00. The summed E-state index contributed by atoms with van der Waals surface area (Å²) in [5.41, 5.74) is 0. The van der Waals surface area contributed by atoms with Crippen LogP contribution in [0.15, 0.2) is 41.8 Å². The molecule has 2 heterocycles. The third-order valence-corrected chi connectivity index (χ3v) is 9.13. The number of thioether (sulfide) groups is 1. The van der Waals surface area contributed by atoms with Gasteiger partial charge in [-0.1, -0.05) is 6.58 Å². The van der Waals surface area contributed by atoms with Crippen LogP contribution in [0.25, 0.3) is 0 Å². The monoisotopic (exact) mass is 422 g/mol. The maximum Gasteiger partial charge on any atom is 0.244 e. The number of sulfonamides is 1. The lowest BCUT2D eigenvalue weighted by Crippen LogP contribution is -2.33. The molecule has 3 unspecified atom stereocenters. The zero-order valence-electron chi connectivity index (χ0n) is 15.7. The third-order valence-electron chi connectivity index (χ3n) is 5.76. The highest BCUT2D eigenvalue weighted by Gasteiger charge is 2.45. The Morgan fingerprint density at radius 3 is 2.57 bits per heavy atom. The molecule has 28 heavy (non-hydrogen) atoms. The molecule has 0 radical (unpaired) electrons. The lowest BCUT2D eigenvalue weighted by atomic mass is 10.1. The molecule has 3 aliphatic rings. The number of hydrogen-bond acceptors (Lipinski definition) is 5. The minimum Gasteiger partial charge on any atom is -0.490 e. The Morgan fingerprint density at radius 2 is 1.93 bits per heavy atom. The second-order valence-corrected chi connectivity index (χ2v) is 11.1. The van der Waals surface area contributed by atoms with Crippen LogP contribution in [0.1, 0.15) is 32.1 Å². The molecule has 1 N–H and O–H groups in total. The highest BCUT2D eigenvalue weighted by Crippen LogP contribution is 2.43. The fraction of sp³-hybridized carbons (Fsp3) is 0.550. The van der Waals surface area contributed by atoms with Crippen LogP contribution < -0.4 is 10.1 Å². The lowest BCUT2D eigenvalue weighted by molar-refractivity contribution is -0.116. The first-order valence-electron chi connectivity index (χ1n) is 9.81. The molecule has 152 valence electrons. The molecular formula is C20H26N2O4S2. The van der Waals surface area contributed by atoms with Crippen LogP contribution in [0.3, 0.4) is 0 Å². The Kier molecular flexibility index (Phi) is 5.71. The van der Waals surface area contributed by atoms with E-state index in [-0.39, 0.29) is 28.6 Å². The summed E-state index contributed by atoms with van der Waals surface area (Å²) in [7, 11) is -3.51. The molecule has 1 aromatic carbocycles. The van der Waals surface area contributed by atoms with E-state index in [9.17, 15) is 13.2 Å². The van der Waals surface area contributed by atoms with Gasteiger partial charge in [0.25, 0.3) is 0 Å². The molecule has 1 aromatic rings. The minimum atomic E-state index is -3.51. The van der Waals surface area contributed by atoms with Gasteiger partial charge in [0.15, 0.2) is 0 Å². The molecule has 3 atom stereocenters. The van der Waals surface area contributed by atoms with E-state index in [0.717, 1.165) is 25.0 Å². The van der Waals surface area contributed by atoms with Gasteiger partial charge in [-0.15, -0.1) is 11.8 Å². The van der Waals surface area contributed by atoms with Crippen LogP contribution in [-0.4, -0.2) is 48.4 Å². The number of rotatable bonds is 6. The zero-order valence-corrected chi connectivity index (χ0v) is 17.4. The van der Waals surface area contributed by atoms with Crippen molar-refractivity contribution in [3.63, 3.8) is 0 Å². The van der Waals surface area contributed by atoms with Crippen molar-refractivity contribution in [1.82, 2.24) is 9.62 Å². The first kappa shape index (κ1) is 19.8. The SMILES string of the molecule is C=CC(=O)NC1CC2CN(S(=O)(=O)c3ccc(OC4CCCC4)cc3)CC2S1. The predicted octanol–water partition coefficient (Wildman–Crippen LogP) is 2.76. The van der Waals surface area contributed by atoms with E-state index < -0.39 is 10.0 Å². The fourth-order valence-electron chi connectivity index (χ4n) is 4.27. The second kappa shape index (κ2) is 8.08. The molecule has 8 heteroatoms. The molecule has 1 aliphatic carbocycles. The van der Waals surface area contributed by atoms with Crippen LogP contribution in [0.2, 0.25) is 0 Å². The number of carbonyl (C=O) groups excluding carboxylic acids is 1. The normalized spacial score (nSPS) is 28.2. The summed E-state index contributed by atoms with van der Waals surface area (Å²) in [5.74, 6) is 0.822. The van der Waals surface area contributed by atoms with Crippen molar-refractivity contribution in [3.05, 3.63) is 36.9 Å². The van der Waals surface area contributed by atoms with E-state index in [1.54, 1.807) is 40.3 Å². The number of nitrogens with one attached hydrogen (secondary N) is 1. The molecule has 0 spiro atoms. The van der Waals surface area contributed by atoms with Gasteiger partial charge in [0.05, 0.1) is 16.4 Å². The Bertz CT molecular complexity index is 820. The van der Waals surface area contributed by atoms with E-state index >= 15 is 0 Å². The molecule has 6 nitrogen and oxygen atoms in total. The molecule has 1 amide bonds. The summed E-state index contributed by atoms with van der Waals surface area (Å²) >= 11 is 1.65. The molecule has 0 bridgehead atoms. The second-order valence-electron chi connectivity index (χ2n) is 7.69. The molecule has 2 saturated heterocycles. The molecule has 1 saturated carbocycles. The first-order valence-corrected chi connectivity index (χ1v) is 12.2. The highest BCUT2D eigenvalue weighted by atomic mass is 32.2. The molecule has 0 aromatic heterocycles. The van der Waals surface area contributed by atoms with Crippen molar-refractivity contribution in [3.8, 4) is 5.75 Å². The molecule has 3 fully saturated rings. The van der Waals surface area contributed by atoms with Crippen molar-refractivity contribution in [1.29, 1.82) is 0 Å². The van der Waals surface area contributed by atoms with Crippen molar-refractivity contribution >= 4 is 27.7 Å². The van der Waals surface area contributed by atoms with Gasteiger partial charge in [-0.2, -0.15) is 4.31 Å². The maximum absolute atomic E-state index is 13.0. The quantitative estimate of drug-likeness (QED) is 0.714. The average Bonchev–Trinajstić information content (AvgIpc) is 3.39. The molecule has 2 aliphatic heterocycles. The van der Waals surface area contributed by atoms with Gasteiger partial charge in [-0.25, -0.2) is 8.42 Å². The average molecular weight is 423 g/mol. The van der Waals surface area contributed by atoms with Crippen LogP contribution in [0, 0.1) is 5.92 Å². The van der Waals surface area contributed by atoms with E-state index in [2.05, 4.69) is 11.9 Å². The van der Waals surface area contributed by atoms with Crippen molar-refractivity contribution in [2.24, 2.45) is 5.92 Å². The van der Waals surface area contributed by atoms with Gasteiger partial charge in [0, 0.05) is 18.3 Å². The zero-order chi connectivity index (χ0) is 19.7. The third kappa shape index (κ3) is 4.09. The topological polar surface area (TPSA) is 75.7 Å². The van der Waals surface area contributed by atoms with Crippen LogP contribution >= 0.6 is 11.8 Å². The van der Waals surface area contributed by atoms with E-state index in [4.69, 9.17) is 4.74 Å². The van der Waals surface area contributed by atoms with Gasteiger partial charge in [-0.05, 0) is 68.4 Å². The number of hydrogen-bond donors (Lipinski definition) is 1. The summed E-state index contributed by atoms with van der Waals surface area (Å²) in [4.78, 5) is 11.8. The number of nitrogens with zero attached hydrogens (tertiary/aromatic N) is 1. The Morgan fingerprint density at radius 1 is 1.21 bits per heavy atom. The number of benzene rings is 1. The lowest BCUT2D eigenvalue weighted by Gasteiger charge is -2.19. The van der Waals surface area contributed by atoms with Crippen LogP contribution in [0.5, 0.6) is 5.75 Å². The Hall–Kier alpha value is -1.51. The number of amides is 1. The van der Waals surface area contributed by atoms with E-state index in [1.165, 1.54) is 18.9 Å². The van der Waals surface area contributed by atoms with Gasteiger partial charge in [0.1, 0.15) is 5.75 Å². The van der Waals surface area contributed by atoms with Gasteiger partial charge in [-0.3, -0.25) is 4.79 Å². The van der Waals surface area contributed by atoms with E-state index in [1.807, 2.05) is 0 Å². The van der Waals surface area contributed by atoms with Crippen molar-refractivity contribution in [2.45, 2.75) is 53.7 Å². The number of ether oxygens (including phenoxy) is 1.